The van der Waals surface area contributed by atoms with Crippen LogP contribution in [-0.4, -0.2) is 29.2 Å². The van der Waals surface area contributed by atoms with Crippen LogP contribution >= 0.6 is 0 Å². The summed E-state index contributed by atoms with van der Waals surface area (Å²) in [6.45, 7) is 3.99. The minimum Gasteiger partial charge on any atom is -0.497 e. The zero-order valence-electron chi connectivity index (χ0n) is 11.8. The molecule has 0 aliphatic carbocycles. The normalized spacial score (nSPS) is 20.6. The summed E-state index contributed by atoms with van der Waals surface area (Å²) in [5, 5.41) is 13.5. The molecule has 1 atom stereocenters. The third kappa shape index (κ3) is 1.86. The predicted octanol–water partition coefficient (Wildman–Crippen LogP) is 2.01. The lowest BCUT2D eigenvalue weighted by Gasteiger charge is -2.35. The Kier molecular flexibility index (Phi) is 2.76. The first-order valence-electron chi connectivity index (χ1n) is 6.62. The van der Waals surface area contributed by atoms with Crippen molar-refractivity contribution >= 4 is 16.9 Å². The molecule has 106 valence electrons. The number of benzene rings is 1. The molecule has 1 aromatic heterocycles. The third-order valence-electron chi connectivity index (χ3n) is 3.98. The van der Waals surface area contributed by atoms with Crippen molar-refractivity contribution in [1.29, 1.82) is 0 Å². The minimum absolute atomic E-state index is 0.400. The summed E-state index contributed by atoms with van der Waals surface area (Å²) in [5.41, 5.74) is 2.73. The van der Waals surface area contributed by atoms with Gasteiger partial charge in [0.2, 0.25) is 0 Å². The number of fused-ring (bicyclic) bond motifs is 3. The second-order valence-corrected chi connectivity index (χ2v) is 5.75. The number of hydrogen-bond acceptors (Lipinski definition) is 3. The molecule has 5 nitrogen and oxygen atoms in total. The van der Waals surface area contributed by atoms with Gasteiger partial charge in [0.1, 0.15) is 11.8 Å². The molecule has 3 N–H and O–H groups in total. The number of ether oxygens (including phenoxy) is 1. The van der Waals surface area contributed by atoms with Crippen molar-refractivity contribution in [1.82, 2.24) is 10.3 Å². The Bertz CT molecular complexity index is 688. The Labute approximate surface area is 116 Å². The number of aromatic amines is 1. The summed E-state index contributed by atoms with van der Waals surface area (Å²) in [5.74, 6) is -0.0384. The van der Waals surface area contributed by atoms with Gasteiger partial charge < -0.3 is 14.8 Å². The number of nitrogens with one attached hydrogen (secondary N) is 2. The van der Waals surface area contributed by atoms with Crippen LogP contribution in [-0.2, 0) is 16.8 Å². The van der Waals surface area contributed by atoms with E-state index in [1.165, 1.54) is 0 Å². The van der Waals surface area contributed by atoms with E-state index in [9.17, 15) is 9.90 Å². The molecule has 1 aromatic carbocycles. The highest BCUT2D eigenvalue weighted by Gasteiger charge is 2.37. The van der Waals surface area contributed by atoms with E-state index in [2.05, 4.69) is 10.3 Å². The van der Waals surface area contributed by atoms with Gasteiger partial charge in [0, 0.05) is 23.0 Å². The fraction of sp³-hybridized carbons (Fsp3) is 0.400. The second-order valence-electron chi connectivity index (χ2n) is 5.75. The lowest BCUT2D eigenvalue weighted by molar-refractivity contribution is -0.140. The van der Waals surface area contributed by atoms with E-state index in [1.54, 1.807) is 7.11 Å². The monoisotopic (exact) mass is 274 g/mol. The number of carbonyl (C=O) groups is 1. The van der Waals surface area contributed by atoms with Crippen LogP contribution in [0.5, 0.6) is 5.75 Å². The fourth-order valence-corrected chi connectivity index (χ4v) is 3.01. The molecule has 0 amide bonds. The molecule has 0 bridgehead atoms. The van der Waals surface area contributed by atoms with Crippen molar-refractivity contribution in [2.24, 2.45) is 0 Å². The highest BCUT2D eigenvalue weighted by atomic mass is 16.5. The standard InChI is InChI=1S/C15H18N2O3/c1-15(2)13-10(7-12(17-15)14(18)19)9-6-8(20-3)4-5-11(9)16-13/h4-6,12,16-17H,7H2,1-3H3,(H,18,19). The average Bonchev–Trinajstić information content (AvgIpc) is 2.77. The quantitative estimate of drug-likeness (QED) is 0.783. The van der Waals surface area contributed by atoms with Gasteiger partial charge >= 0.3 is 5.97 Å². The number of carboxylic acid groups (broad SMARTS) is 1. The molecule has 1 unspecified atom stereocenters. The van der Waals surface area contributed by atoms with E-state index >= 15 is 0 Å². The molecule has 2 heterocycles. The van der Waals surface area contributed by atoms with Crippen molar-refractivity contribution in [3.8, 4) is 5.75 Å². The number of H-pyrrole nitrogens is 1. The number of carboxylic acids is 1. The van der Waals surface area contributed by atoms with Gasteiger partial charge in [-0.1, -0.05) is 0 Å². The van der Waals surface area contributed by atoms with Crippen molar-refractivity contribution in [3.05, 3.63) is 29.5 Å². The molecule has 2 aromatic rings. The Morgan fingerprint density at radius 2 is 2.20 bits per heavy atom. The van der Waals surface area contributed by atoms with Crippen LogP contribution in [0, 0.1) is 0 Å². The maximum absolute atomic E-state index is 11.3. The predicted molar refractivity (Wildman–Crippen MR) is 76.1 cm³/mol. The molecule has 0 radical (unpaired) electrons. The molecular formula is C15H18N2O3. The Balaban J connectivity index is 2.21. The van der Waals surface area contributed by atoms with Gasteiger partial charge in [-0.3, -0.25) is 10.1 Å². The van der Waals surface area contributed by atoms with E-state index < -0.39 is 17.6 Å². The summed E-state index contributed by atoms with van der Waals surface area (Å²) in [6.07, 6.45) is 0.473. The second kappa shape index (κ2) is 4.24. The number of rotatable bonds is 2. The molecule has 0 spiro atoms. The van der Waals surface area contributed by atoms with Crippen LogP contribution in [0.4, 0.5) is 0 Å². The fourth-order valence-electron chi connectivity index (χ4n) is 3.01. The number of hydrogen-bond donors (Lipinski definition) is 3. The zero-order chi connectivity index (χ0) is 14.5. The lowest BCUT2D eigenvalue weighted by Crippen LogP contribution is -2.52. The number of aromatic nitrogens is 1. The minimum atomic E-state index is -0.819. The van der Waals surface area contributed by atoms with E-state index in [1.807, 2.05) is 32.0 Å². The van der Waals surface area contributed by atoms with Gasteiger partial charge in [0.15, 0.2) is 0 Å². The molecule has 3 rings (SSSR count). The van der Waals surface area contributed by atoms with Crippen molar-refractivity contribution in [2.45, 2.75) is 31.8 Å². The highest BCUT2D eigenvalue weighted by molar-refractivity contribution is 5.88. The molecular weight excluding hydrogens is 256 g/mol. The topological polar surface area (TPSA) is 74.4 Å². The average molecular weight is 274 g/mol. The summed E-state index contributed by atoms with van der Waals surface area (Å²) in [7, 11) is 1.63. The van der Waals surface area contributed by atoms with Gasteiger partial charge in [-0.25, -0.2) is 0 Å². The van der Waals surface area contributed by atoms with Crippen molar-refractivity contribution in [3.63, 3.8) is 0 Å². The summed E-state index contributed by atoms with van der Waals surface area (Å²) in [6, 6.07) is 5.27. The van der Waals surface area contributed by atoms with Crippen LogP contribution < -0.4 is 10.1 Å². The molecule has 20 heavy (non-hydrogen) atoms. The summed E-state index contributed by atoms with van der Waals surface area (Å²) >= 11 is 0. The first kappa shape index (κ1) is 13.0. The van der Waals surface area contributed by atoms with E-state index in [-0.39, 0.29) is 0 Å². The Morgan fingerprint density at radius 1 is 1.45 bits per heavy atom. The molecule has 0 fully saturated rings. The molecule has 5 heteroatoms. The van der Waals surface area contributed by atoms with Gasteiger partial charge in [-0.05, 0) is 37.6 Å². The first-order chi connectivity index (χ1) is 9.42. The van der Waals surface area contributed by atoms with Gasteiger partial charge in [-0.15, -0.1) is 0 Å². The van der Waals surface area contributed by atoms with Gasteiger partial charge in [0.05, 0.1) is 12.6 Å². The highest BCUT2D eigenvalue weighted by Crippen LogP contribution is 2.36. The van der Waals surface area contributed by atoms with Crippen molar-refractivity contribution in [2.75, 3.05) is 7.11 Å². The maximum Gasteiger partial charge on any atom is 0.321 e. The number of methoxy groups -OCH3 is 1. The molecule has 1 aliphatic rings. The largest absolute Gasteiger partial charge is 0.497 e. The van der Waals surface area contributed by atoms with Crippen LogP contribution in [0.3, 0.4) is 0 Å². The molecule has 1 aliphatic heterocycles. The summed E-state index contributed by atoms with van der Waals surface area (Å²) in [4.78, 5) is 14.7. The zero-order valence-corrected chi connectivity index (χ0v) is 11.8. The van der Waals surface area contributed by atoms with E-state index in [0.717, 1.165) is 27.9 Å². The Morgan fingerprint density at radius 3 is 2.85 bits per heavy atom. The SMILES string of the molecule is COc1ccc2[nH]c3c(c2c1)CC(C(=O)O)NC3(C)C. The maximum atomic E-state index is 11.3. The van der Waals surface area contributed by atoms with Crippen LogP contribution in [0.15, 0.2) is 18.2 Å². The van der Waals surface area contributed by atoms with Crippen molar-refractivity contribution < 1.29 is 14.6 Å². The lowest BCUT2D eigenvalue weighted by atomic mass is 9.86. The van der Waals surface area contributed by atoms with Gasteiger partial charge in [0.25, 0.3) is 0 Å². The first-order valence-corrected chi connectivity index (χ1v) is 6.62. The molecule has 0 saturated heterocycles. The van der Waals surface area contributed by atoms with Gasteiger partial charge in [-0.2, -0.15) is 0 Å². The van der Waals surface area contributed by atoms with Crippen LogP contribution in [0.1, 0.15) is 25.1 Å². The van der Waals surface area contributed by atoms with Crippen LogP contribution in [0.2, 0.25) is 0 Å². The number of aliphatic carboxylic acids is 1. The smallest absolute Gasteiger partial charge is 0.321 e. The summed E-state index contributed by atoms with van der Waals surface area (Å²) < 4.78 is 5.26. The van der Waals surface area contributed by atoms with E-state index in [4.69, 9.17) is 4.74 Å². The third-order valence-corrected chi connectivity index (χ3v) is 3.98. The molecule has 0 saturated carbocycles. The van der Waals surface area contributed by atoms with Crippen LogP contribution in [0.25, 0.3) is 10.9 Å². The van der Waals surface area contributed by atoms with E-state index in [0.29, 0.717) is 6.42 Å². The Hall–Kier alpha value is -2.01.